The van der Waals surface area contributed by atoms with Crippen molar-refractivity contribution in [2.24, 2.45) is 0 Å². The highest BCUT2D eigenvalue weighted by atomic mass is 35.5. The van der Waals surface area contributed by atoms with Gasteiger partial charge in [-0.05, 0) is 30.7 Å². The number of para-hydroxylation sites is 2. The zero-order valence-corrected chi connectivity index (χ0v) is 12.6. The average molecular weight is 297 g/mol. The molecule has 0 fully saturated rings. The molecular formula is C18H17ClN2. The van der Waals surface area contributed by atoms with Crippen molar-refractivity contribution >= 4 is 28.2 Å². The lowest BCUT2D eigenvalue weighted by Gasteiger charge is -2.13. The number of hydrogen-bond acceptors (Lipinski definition) is 2. The van der Waals surface area contributed by atoms with E-state index in [-0.39, 0.29) is 5.38 Å². The van der Waals surface area contributed by atoms with Crippen LogP contribution in [0.1, 0.15) is 23.6 Å². The second kappa shape index (κ2) is 6.15. The minimum atomic E-state index is -0.0155. The van der Waals surface area contributed by atoms with Gasteiger partial charge in [-0.15, -0.1) is 11.6 Å². The predicted octanol–water partition coefficient (Wildman–Crippen LogP) is 5.15. The minimum Gasteiger partial charge on any atom is -0.379 e. The van der Waals surface area contributed by atoms with Crippen molar-refractivity contribution in [3.63, 3.8) is 0 Å². The summed E-state index contributed by atoms with van der Waals surface area (Å²) < 4.78 is 0. The highest BCUT2D eigenvalue weighted by Gasteiger charge is 2.07. The van der Waals surface area contributed by atoms with Gasteiger partial charge in [0.05, 0.1) is 23.1 Å². The van der Waals surface area contributed by atoms with Crippen molar-refractivity contribution in [2.75, 3.05) is 5.32 Å². The molecule has 1 aromatic heterocycles. The van der Waals surface area contributed by atoms with E-state index in [4.69, 9.17) is 11.6 Å². The quantitative estimate of drug-likeness (QED) is 0.674. The van der Waals surface area contributed by atoms with Crippen LogP contribution in [0.2, 0.25) is 0 Å². The van der Waals surface area contributed by atoms with Crippen LogP contribution in [-0.4, -0.2) is 4.98 Å². The van der Waals surface area contributed by atoms with Crippen molar-refractivity contribution < 1.29 is 0 Å². The third-order valence-electron chi connectivity index (χ3n) is 3.51. The minimum absolute atomic E-state index is 0.0155. The SMILES string of the molecule is CC(Cl)c1ccccc1NCc1ccc2ccccc2n1. The number of anilines is 1. The van der Waals surface area contributed by atoms with Gasteiger partial charge in [-0.2, -0.15) is 0 Å². The van der Waals surface area contributed by atoms with E-state index in [0.29, 0.717) is 6.54 Å². The number of rotatable bonds is 4. The maximum Gasteiger partial charge on any atom is 0.0706 e. The fourth-order valence-corrected chi connectivity index (χ4v) is 2.59. The summed E-state index contributed by atoms with van der Waals surface area (Å²) in [5, 5.41) is 4.58. The summed E-state index contributed by atoms with van der Waals surface area (Å²) in [6.07, 6.45) is 0. The molecule has 3 heteroatoms. The molecule has 0 saturated heterocycles. The molecule has 21 heavy (non-hydrogen) atoms. The Bertz CT molecular complexity index is 753. The van der Waals surface area contributed by atoms with Gasteiger partial charge in [0.1, 0.15) is 0 Å². The topological polar surface area (TPSA) is 24.9 Å². The van der Waals surface area contributed by atoms with Gasteiger partial charge >= 0.3 is 0 Å². The third kappa shape index (κ3) is 3.17. The van der Waals surface area contributed by atoms with E-state index in [2.05, 4.69) is 34.6 Å². The van der Waals surface area contributed by atoms with E-state index in [1.807, 2.05) is 43.3 Å². The molecule has 0 spiro atoms. The summed E-state index contributed by atoms with van der Waals surface area (Å²) >= 11 is 6.21. The van der Waals surface area contributed by atoms with Gasteiger partial charge in [0.15, 0.2) is 0 Å². The summed E-state index contributed by atoms with van der Waals surface area (Å²) in [7, 11) is 0. The number of aromatic nitrogens is 1. The van der Waals surface area contributed by atoms with Crippen molar-refractivity contribution in [2.45, 2.75) is 18.8 Å². The van der Waals surface area contributed by atoms with Crippen molar-refractivity contribution in [3.8, 4) is 0 Å². The zero-order valence-electron chi connectivity index (χ0n) is 11.9. The largest absolute Gasteiger partial charge is 0.379 e. The van der Waals surface area contributed by atoms with E-state index < -0.39 is 0 Å². The molecule has 0 aliphatic heterocycles. The molecule has 106 valence electrons. The number of hydrogen-bond donors (Lipinski definition) is 1. The Balaban J connectivity index is 1.80. The monoisotopic (exact) mass is 296 g/mol. The highest BCUT2D eigenvalue weighted by molar-refractivity contribution is 6.21. The molecule has 0 radical (unpaired) electrons. The Hall–Kier alpha value is -2.06. The summed E-state index contributed by atoms with van der Waals surface area (Å²) in [6.45, 7) is 2.67. The summed E-state index contributed by atoms with van der Waals surface area (Å²) in [5.74, 6) is 0. The number of benzene rings is 2. The van der Waals surface area contributed by atoms with Crippen LogP contribution < -0.4 is 5.32 Å². The van der Waals surface area contributed by atoms with Gasteiger partial charge in [0, 0.05) is 11.1 Å². The lowest BCUT2D eigenvalue weighted by Crippen LogP contribution is -2.04. The van der Waals surface area contributed by atoms with Gasteiger partial charge in [-0.25, -0.2) is 0 Å². The second-order valence-electron chi connectivity index (χ2n) is 5.05. The van der Waals surface area contributed by atoms with Crippen LogP contribution >= 0.6 is 11.6 Å². The predicted molar refractivity (Wildman–Crippen MR) is 89.8 cm³/mol. The number of fused-ring (bicyclic) bond motifs is 1. The fourth-order valence-electron chi connectivity index (χ4n) is 2.40. The molecular weight excluding hydrogens is 280 g/mol. The van der Waals surface area contributed by atoms with Gasteiger partial charge in [0.2, 0.25) is 0 Å². The molecule has 3 aromatic rings. The first kappa shape index (κ1) is 13.9. The normalized spacial score (nSPS) is 12.3. The third-order valence-corrected chi connectivity index (χ3v) is 3.74. The van der Waals surface area contributed by atoms with Crippen LogP contribution in [0.5, 0.6) is 0 Å². The van der Waals surface area contributed by atoms with Crippen LogP contribution in [0.4, 0.5) is 5.69 Å². The summed E-state index contributed by atoms with van der Waals surface area (Å²) in [5.41, 5.74) is 4.22. The first-order valence-corrected chi connectivity index (χ1v) is 7.49. The van der Waals surface area contributed by atoms with Gasteiger partial charge in [0.25, 0.3) is 0 Å². The Morgan fingerprint density at radius 2 is 1.76 bits per heavy atom. The van der Waals surface area contributed by atoms with Crippen LogP contribution in [0, 0.1) is 0 Å². The number of pyridine rings is 1. The Morgan fingerprint density at radius 1 is 1.00 bits per heavy atom. The first-order valence-electron chi connectivity index (χ1n) is 7.05. The van der Waals surface area contributed by atoms with Gasteiger partial charge in [-0.1, -0.05) is 42.5 Å². The smallest absolute Gasteiger partial charge is 0.0706 e. The van der Waals surface area contributed by atoms with Crippen molar-refractivity contribution in [1.82, 2.24) is 4.98 Å². The lowest BCUT2D eigenvalue weighted by molar-refractivity contribution is 1.03. The Labute approximate surface area is 129 Å². The van der Waals surface area contributed by atoms with Crippen LogP contribution in [0.25, 0.3) is 10.9 Å². The number of nitrogens with one attached hydrogen (secondary N) is 1. The molecule has 1 atom stereocenters. The number of nitrogens with zero attached hydrogens (tertiary/aromatic N) is 1. The Kier molecular flexibility index (Phi) is 4.07. The van der Waals surface area contributed by atoms with Crippen LogP contribution in [-0.2, 0) is 6.54 Å². The molecule has 1 heterocycles. The number of halogens is 1. The van der Waals surface area contributed by atoms with Gasteiger partial charge in [-0.3, -0.25) is 4.98 Å². The van der Waals surface area contributed by atoms with Crippen molar-refractivity contribution in [1.29, 1.82) is 0 Å². The Morgan fingerprint density at radius 3 is 2.62 bits per heavy atom. The number of alkyl halides is 1. The van der Waals surface area contributed by atoms with Crippen LogP contribution in [0.3, 0.4) is 0 Å². The summed E-state index contributed by atoms with van der Waals surface area (Å²) in [4.78, 5) is 4.67. The fraction of sp³-hybridized carbons (Fsp3) is 0.167. The van der Waals surface area contributed by atoms with E-state index in [1.54, 1.807) is 0 Å². The highest BCUT2D eigenvalue weighted by Crippen LogP contribution is 2.27. The maximum atomic E-state index is 6.21. The van der Waals surface area contributed by atoms with Gasteiger partial charge < -0.3 is 5.32 Å². The molecule has 0 bridgehead atoms. The maximum absolute atomic E-state index is 6.21. The average Bonchev–Trinajstić information content (AvgIpc) is 2.53. The second-order valence-corrected chi connectivity index (χ2v) is 5.71. The van der Waals surface area contributed by atoms with E-state index in [1.165, 1.54) is 0 Å². The van der Waals surface area contributed by atoms with E-state index in [0.717, 1.165) is 27.8 Å². The molecule has 1 unspecified atom stereocenters. The molecule has 0 saturated carbocycles. The lowest BCUT2D eigenvalue weighted by atomic mass is 10.1. The molecule has 1 N–H and O–H groups in total. The molecule has 2 nitrogen and oxygen atoms in total. The zero-order chi connectivity index (χ0) is 14.7. The molecule has 0 amide bonds. The van der Waals surface area contributed by atoms with Crippen LogP contribution in [0.15, 0.2) is 60.7 Å². The molecule has 0 aliphatic carbocycles. The van der Waals surface area contributed by atoms with E-state index >= 15 is 0 Å². The molecule has 0 aliphatic rings. The van der Waals surface area contributed by atoms with E-state index in [9.17, 15) is 0 Å². The standard InChI is InChI=1S/C18H17ClN2/c1-13(19)16-7-3-5-9-18(16)20-12-15-11-10-14-6-2-4-8-17(14)21-15/h2-11,13,20H,12H2,1H3. The summed E-state index contributed by atoms with van der Waals surface area (Å²) in [6, 6.07) is 20.4. The molecule has 2 aromatic carbocycles. The molecule has 3 rings (SSSR count). The van der Waals surface area contributed by atoms with Crippen molar-refractivity contribution in [3.05, 3.63) is 71.9 Å². The first-order chi connectivity index (χ1) is 10.2.